The van der Waals surface area contributed by atoms with E-state index in [2.05, 4.69) is 12.1 Å². The van der Waals surface area contributed by atoms with Crippen LogP contribution in [0.4, 0.5) is 0 Å². The standard InChI is InChI=1S/C18H14O2S/c19-18(20)16-10-11-17(15-9-5-4-8-14(15)16)21-12-13-6-2-1-3-7-13/h1-11H,12H2,(H,19,20). The molecule has 0 aromatic heterocycles. The molecule has 0 fully saturated rings. The molecule has 1 N–H and O–H groups in total. The number of fused-ring (bicyclic) bond motifs is 1. The molecule has 3 rings (SSSR count). The maximum atomic E-state index is 11.3. The number of hydrogen-bond donors (Lipinski definition) is 1. The van der Waals surface area contributed by atoms with E-state index in [9.17, 15) is 9.90 Å². The van der Waals surface area contributed by atoms with Gasteiger partial charge in [-0.1, -0.05) is 54.6 Å². The van der Waals surface area contributed by atoms with Crippen LogP contribution in [0.15, 0.2) is 71.6 Å². The second-order valence-corrected chi connectivity index (χ2v) is 5.75. The lowest BCUT2D eigenvalue weighted by molar-refractivity contribution is 0.0699. The Morgan fingerprint density at radius 2 is 1.52 bits per heavy atom. The summed E-state index contributed by atoms with van der Waals surface area (Å²) < 4.78 is 0. The maximum absolute atomic E-state index is 11.3. The van der Waals surface area contributed by atoms with Crippen LogP contribution >= 0.6 is 11.8 Å². The van der Waals surface area contributed by atoms with Crippen molar-refractivity contribution in [3.63, 3.8) is 0 Å². The molecule has 0 heterocycles. The first kappa shape index (κ1) is 13.7. The molecule has 2 nitrogen and oxygen atoms in total. The summed E-state index contributed by atoms with van der Waals surface area (Å²) in [7, 11) is 0. The number of carbonyl (C=O) groups is 1. The molecule has 3 heteroatoms. The van der Waals surface area contributed by atoms with Crippen molar-refractivity contribution in [3.8, 4) is 0 Å². The van der Waals surface area contributed by atoms with Crippen LogP contribution in [0.5, 0.6) is 0 Å². The van der Waals surface area contributed by atoms with Gasteiger partial charge in [0.1, 0.15) is 0 Å². The van der Waals surface area contributed by atoms with Crippen LogP contribution in [-0.2, 0) is 5.75 Å². The molecule has 21 heavy (non-hydrogen) atoms. The van der Waals surface area contributed by atoms with Gasteiger partial charge in [0.15, 0.2) is 0 Å². The summed E-state index contributed by atoms with van der Waals surface area (Å²) in [5.74, 6) is -0.0112. The van der Waals surface area contributed by atoms with Crippen molar-refractivity contribution in [2.75, 3.05) is 0 Å². The van der Waals surface area contributed by atoms with Crippen molar-refractivity contribution >= 4 is 28.5 Å². The van der Waals surface area contributed by atoms with Crippen molar-refractivity contribution < 1.29 is 9.90 Å². The van der Waals surface area contributed by atoms with Gasteiger partial charge >= 0.3 is 5.97 Å². The fourth-order valence-corrected chi connectivity index (χ4v) is 3.33. The molecule has 0 unspecified atom stereocenters. The predicted molar refractivity (Wildman–Crippen MR) is 86.9 cm³/mol. The second-order valence-electron chi connectivity index (χ2n) is 4.74. The molecule has 3 aromatic carbocycles. The zero-order valence-electron chi connectivity index (χ0n) is 11.3. The lowest BCUT2D eigenvalue weighted by Crippen LogP contribution is -1.97. The lowest BCUT2D eigenvalue weighted by atomic mass is 10.0. The van der Waals surface area contributed by atoms with Gasteiger partial charge in [0.25, 0.3) is 0 Å². The largest absolute Gasteiger partial charge is 0.478 e. The second kappa shape index (κ2) is 6.02. The van der Waals surface area contributed by atoms with E-state index in [1.54, 1.807) is 17.8 Å². The van der Waals surface area contributed by atoms with Crippen molar-refractivity contribution in [1.29, 1.82) is 0 Å². The molecule has 0 aliphatic heterocycles. The van der Waals surface area contributed by atoms with Gasteiger partial charge in [-0.2, -0.15) is 0 Å². The smallest absolute Gasteiger partial charge is 0.336 e. The van der Waals surface area contributed by atoms with E-state index in [1.165, 1.54) is 5.56 Å². The molecule has 0 saturated heterocycles. The van der Waals surface area contributed by atoms with Crippen LogP contribution in [0.2, 0.25) is 0 Å². The average molecular weight is 294 g/mol. The van der Waals surface area contributed by atoms with Gasteiger partial charge in [0, 0.05) is 10.6 Å². The minimum atomic E-state index is -0.884. The van der Waals surface area contributed by atoms with Gasteiger partial charge in [0.05, 0.1) is 5.56 Å². The first-order valence-electron chi connectivity index (χ1n) is 6.67. The summed E-state index contributed by atoms with van der Waals surface area (Å²) in [5.41, 5.74) is 1.61. The van der Waals surface area contributed by atoms with Gasteiger partial charge in [-0.25, -0.2) is 4.79 Å². The van der Waals surface area contributed by atoms with Gasteiger partial charge in [-0.05, 0) is 28.5 Å². The van der Waals surface area contributed by atoms with E-state index in [1.807, 2.05) is 48.5 Å². The predicted octanol–water partition coefficient (Wildman–Crippen LogP) is 4.83. The molecular weight excluding hydrogens is 280 g/mol. The Labute approximate surface area is 127 Å². The van der Waals surface area contributed by atoms with Gasteiger partial charge in [0.2, 0.25) is 0 Å². The van der Waals surface area contributed by atoms with E-state index in [4.69, 9.17) is 0 Å². The van der Waals surface area contributed by atoms with E-state index in [0.717, 1.165) is 21.4 Å². The van der Waals surface area contributed by atoms with Crippen LogP contribution in [0.25, 0.3) is 10.8 Å². The molecule has 0 bridgehead atoms. The number of rotatable bonds is 4. The SMILES string of the molecule is O=C(O)c1ccc(SCc2ccccc2)c2ccccc12. The highest BCUT2D eigenvalue weighted by molar-refractivity contribution is 7.98. The quantitative estimate of drug-likeness (QED) is 0.700. The summed E-state index contributed by atoms with van der Waals surface area (Å²) in [5, 5.41) is 11.1. The van der Waals surface area contributed by atoms with Crippen molar-refractivity contribution in [3.05, 3.63) is 77.9 Å². The molecule has 3 aromatic rings. The number of carboxylic acid groups (broad SMARTS) is 1. The van der Waals surface area contributed by atoms with Crippen molar-refractivity contribution in [1.82, 2.24) is 0 Å². The van der Waals surface area contributed by atoms with E-state index in [0.29, 0.717) is 5.56 Å². The van der Waals surface area contributed by atoms with E-state index >= 15 is 0 Å². The van der Waals surface area contributed by atoms with Crippen LogP contribution in [-0.4, -0.2) is 11.1 Å². The summed E-state index contributed by atoms with van der Waals surface area (Å²) in [6.07, 6.45) is 0. The van der Waals surface area contributed by atoms with Gasteiger partial charge in [-0.15, -0.1) is 11.8 Å². The Balaban J connectivity index is 1.96. The molecule has 0 spiro atoms. The van der Waals surface area contributed by atoms with Gasteiger partial charge in [-0.3, -0.25) is 0 Å². The first-order valence-corrected chi connectivity index (χ1v) is 7.66. The third kappa shape index (κ3) is 2.93. The highest BCUT2D eigenvalue weighted by Gasteiger charge is 2.11. The number of aromatic carboxylic acids is 1. The van der Waals surface area contributed by atoms with Crippen LogP contribution in [0, 0.1) is 0 Å². The minimum absolute atomic E-state index is 0.356. The highest BCUT2D eigenvalue weighted by Crippen LogP contribution is 2.32. The van der Waals surface area contributed by atoms with Crippen LogP contribution < -0.4 is 0 Å². The molecule has 0 saturated carbocycles. The molecule has 0 atom stereocenters. The third-order valence-corrected chi connectivity index (χ3v) is 4.50. The Hall–Kier alpha value is -2.26. The zero-order chi connectivity index (χ0) is 14.7. The number of benzene rings is 3. The van der Waals surface area contributed by atoms with E-state index in [-0.39, 0.29) is 0 Å². The van der Waals surface area contributed by atoms with Crippen molar-refractivity contribution in [2.24, 2.45) is 0 Å². The van der Waals surface area contributed by atoms with Gasteiger partial charge < -0.3 is 5.11 Å². The summed E-state index contributed by atoms with van der Waals surface area (Å²) >= 11 is 1.73. The molecule has 0 radical (unpaired) electrons. The fourth-order valence-electron chi connectivity index (χ4n) is 2.32. The molecule has 0 aliphatic carbocycles. The third-order valence-electron chi connectivity index (χ3n) is 3.35. The van der Waals surface area contributed by atoms with Crippen LogP contribution in [0.1, 0.15) is 15.9 Å². The Morgan fingerprint density at radius 3 is 2.24 bits per heavy atom. The van der Waals surface area contributed by atoms with Crippen LogP contribution in [0.3, 0.4) is 0 Å². The molecular formula is C18H14O2S. The molecule has 0 aliphatic rings. The van der Waals surface area contributed by atoms with Crippen molar-refractivity contribution in [2.45, 2.75) is 10.6 Å². The van der Waals surface area contributed by atoms with E-state index < -0.39 is 5.97 Å². The summed E-state index contributed by atoms with van der Waals surface area (Å²) in [4.78, 5) is 12.4. The monoisotopic (exact) mass is 294 g/mol. The normalized spacial score (nSPS) is 10.7. The summed E-state index contributed by atoms with van der Waals surface area (Å²) in [6.45, 7) is 0. The highest BCUT2D eigenvalue weighted by atomic mass is 32.2. The molecule has 0 amide bonds. The number of thioether (sulfide) groups is 1. The fraction of sp³-hybridized carbons (Fsp3) is 0.0556. The number of carboxylic acids is 1. The Bertz CT molecular complexity index is 782. The average Bonchev–Trinajstić information content (AvgIpc) is 2.53. The minimum Gasteiger partial charge on any atom is -0.478 e. The Morgan fingerprint density at radius 1 is 0.857 bits per heavy atom. The maximum Gasteiger partial charge on any atom is 0.336 e. The zero-order valence-corrected chi connectivity index (χ0v) is 12.1. The Kier molecular flexibility index (Phi) is 3.93. The first-order chi connectivity index (χ1) is 10.3. The summed E-state index contributed by atoms with van der Waals surface area (Å²) in [6, 6.07) is 21.5. The lowest BCUT2D eigenvalue weighted by Gasteiger charge is -2.09. The number of hydrogen-bond acceptors (Lipinski definition) is 2. The topological polar surface area (TPSA) is 37.3 Å². The molecule has 104 valence electrons.